The maximum atomic E-state index is 11.9. The Morgan fingerprint density at radius 3 is 2.42 bits per heavy atom. The first-order chi connectivity index (χ1) is 9.06. The van der Waals surface area contributed by atoms with Gasteiger partial charge in [0.05, 0.1) is 11.8 Å². The number of amides is 1. The van der Waals surface area contributed by atoms with Crippen LogP contribution in [0.4, 0.5) is 0 Å². The summed E-state index contributed by atoms with van der Waals surface area (Å²) in [6, 6.07) is 0.00163. The summed E-state index contributed by atoms with van der Waals surface area (Å²) in [6.07, 6.45) is 7.67. The monoisotopic (exact) mass is 266 g/mol. The Morgan fingerprint density at radius 1 is 1.21 bits per heavy atom. The lowest BCUT2D eigenvalue weighted by atomic mass is 9.82. The summed E-state index contributed by atoms with van der Waals surface area (Å²) in [5.41, 5.74) is 5.72. The van der Waals surface area contributed by atoms with Crippen molar-refractivity contribution in [2.75, 3.05) is 6.54 Å². The predicted octanol–water partition coefficient (Wildman–Crippen LogP) is 0.897. The molecule has 0 aromatic heterocycles. The summed E-state index contributed by atoms with van der Waals surface area (Å²) in [5.74, 6) is -0.510. The molecule has 2 rings (SSSR count). The highest BCUT2D eigenvalue weighted by Gasteiger charge is 2.27. The van der Waals surface area contributed by atoms with Crippen molar-refractivity contribution in [2.45, 2.75) is 38.1 Å². The van der Waals surface area contributed by atoms with Gasteiger partial charge in [0.25, 0.3) is 0 Å². The van der Waals surface area contributed by atoms with Gasteiger partial charge in [-0.05, 0) is 38.0 Å². The Labute approximate surface area is 113 Å². The van der Waals surface area contributed by atoms with Gasteiger partial charge in [0, 0.05) is 12.6 Å². The standard InChI is InChI=1S/C14H22N2O3/c15-12-6-5-11(7-12)13(17)16-8-9-1-3-10(4-2-9)14(18)19/h5-6,9-12H,1-4,7-8,15H2,(H,16,17)(H,18,19). The fourth-order valence-electron chi connectivity index (χ4n) is 2.91. The minimum Gasteiger partial charge on any atom is -0.481 e. The van der Waals surface area contributed by atoms with E-state index in [4.69, 9.17) is 10.8 Å². The van der Waals surface area contributed by atoms with E-state index < -0.39 is 5.97 Å². The van der Waals surface area contributed by atoms with Crippen molar-refractivity contribution in [3.8, 4) is 0 Å². The summed E-state index contributed by atoms with van der Waals surface area (Å²) in [4.78, 5) is 22.7. The molecule has 0 saturated heterocycles. The number of rotatable bonds is 4. The van der Waals surface area contributed by atoms with E-state index in [-0.39, 0.29) is 23.8 Å². The molecular formula is C14H22N2O3. The van der Waals surface area contributed by atoms with Crippen molar-refractivity contribution in [1.29, 1.82) is 0 Å². The number of aliphatic carboxylic acids is 1. The number of carbonyl (C=O) groups excluding carboxylic acids is 1. The summed E-state index contributed by atoms with van der Waals surface area (Å²) in [5, 5.41) is 11.9. The van der Waals surface area contributed by atoms with Gasteiger partial charge in [-0.15, -0.1) is 0 Å². The summed E-state index contributed by atoms with van der Waals surface area (Å²) >= 11 is 0. The van der Waals surface area contributed by atoms with Gasteiger partial charge in [-0.3, -0.25) is 9.59 Å². The van der Waals surface area contributed by atoms with Gasteiger partial charge in [0.15, 0.2) is 0 Å². The van der Waals surface area contributed by atoms with E-state index in [1.807, 2.05) is 12.2 Å². The Bertz CT molecular complexity index is 373. The molecule has 0 aromatic carbocycles. The maximum absolute atomic E-state index is 11.9. The van der Waals surface area contributed by atoms with Gasteiger partial charge in [0.2, 0.25) is 5.91 Å². The quantitative estimate of drug-likeness (QED) is 0.659. The van der Waals surface area contributed by atoms with Crippen LogP contribution in [0, 0.1) is 17.8 Å². The molecule has 2 atom stereocenters. The van der Waals surface area contributed by atoms with Gasteiger partial charge in [-0.2, -0.15) is 0 Å². The maximum Gasteiger partial charge on any atom is 0.306 e. The molecule has 106 valence electrons. The molecule has 0 heterocycles. The molecule has 1 amide bonds. The molecule has 1 fully saturated rings. The van der Waals surface area contributed by atoms with E-state index in [1.54, 1.807) is 0 Å². The first-order valence-electron chi connectivity index (χ1n) is 7.00. The number of carboxylic acid groups (broad SMARTS) is 1. The number of carboxylic acids is 1. The normalized spacial score (nSPS) is 34.2. The SMILES string of the molecule is NC1C=CC(C(=O)NCC2CCC(C(=O)O)CC2)C1. The predicted molar refractivity (Wildman–Crippen MR) is 71.3 cm³/mol. The number of carbonyl (C=O) groups is 2. The second-order valence-electron chi connectivity index (χ2n) is 5.69. The van der Waals surface area contributed by atoms with E-state index in [0.717, 1.165) is 25.7 Å². The van der Waals surface area contributed by atoms with Gasteiger partial charge in [0.1, 0.15) is 0 Å². The van der Waals surface area contributed by atoms with Crippen LogP contribution < -0.4 is 11.1 Å². The molecule has 0 spiro atoms. The van der Waals surface area contributed by atoms with E-state index >= 15 is 0 Å². The Kier molecular flexibility index (Phi) is 4.58. The Hall–Kier alpha value is -1.36. The zero-order chi connectivity index (χ0) is 13.8. The van der Waals surface area contributed by atoms with Crippen LogP contribution in [-0.4, -0.2) is 29.6 Å². The van der Waals surface area contributed by atoms with E-state index in [0.29, 0.717) is 18.9 Å². The molecule has 0 bridgehead atoms. The molecule has 5 heteroatoms. The zero-order valence-corrected chi connectivity index (χ0v) is 11.0. The summed E-state index contributed by atoms with van der Waals surface area (Å²) in [7, 11) is 0. The molecule has 0 aliphatic heterocycles. The molecular weight excluding hydrogens is 244 g/mol. The minimum absolute atomic E-state index is 0.00163. The summed E-state index contributed by atoms with van der Waals surface area (Å²) < 4.78 is 0. The molecule has 2 aliphatic carbocycles. The number of hydrogen-bond donors (Lipinski definition) is 3. The fraction of sp³-hybridized carbons (Fsp3) is 0.714. The smallest absolute Gasteiger partial charge is 0.306 e. The molecule has 0 radical (unpaired) electrons. The topological polar surface area (TPSA) is 92.4 Å². The third-order valence-corrected chi connectivity index (χ3v) is 4.21. The lowest BCUT2D eigenvalue weighted by Crippen LogP contribution is -2.36. The second kappa shape index (κ2) is 6.19. The van der Waals surface area contributed by atoms with Crippen LogP contribution in [0.15, 0.2) is 12.2 Å². The van der Waals surface area contributed by atoms with Crippen LogP contribution in [0.3, 0.4) is 0 Å². The highest BCUT2D eigenvalue weighted by Crippen LogP contribution is 2.28. The molecule has 4 N–H and O–H groups in total. The molecule has 19 heavy (non-hydrogen) atoms. The van der Waals surface area contributed by atoms with Crippen molar-refractivity contribution < 1.29 is 14.7 Å². The van der Waals surface area contributed by atoms with E-state index in [1.165, 1.54) is 0 Å². The van der Waals surface area contributed by atoms with Crippen molar-refractivity contribution in [1.82, 2.24) is 5.32 Å². The van der Waals surface area contributed by atoms with Crippen molar-refractivity contribution >= 4 is 11.9 Å². The molecule has 1 saturated carbocycles. The molecule has 2 aliphatic rings. The number of nitrogens with two attached hydrogens (primary N) is 1. The third kappa shape index (κ3) is 3.80. The largest absolute Gasteiger partial charge is 0.481 e. The van der Waals surface area contributed by atoms with Gasteiger partial charge in [-0.1, -0.05) is 12.2 Å². The van der Waals surface area contributed by atoms with Gasteiger partial charge in [-0.25, -0.2) is 0 Å². The highest BCUT2D eigenvalue weighted by atomic mass is 16.4. The lowest BCUT2D eigenvalue weighted by molar-refractivity contribution is -0.143. The first-order valence-corrected chi connectivity index (χ1v) is 7.00. The average Bonchev–Trinajstić information content (AvgIpc) is 2.83. The highest BCUT2D eigenvalue weighted by molar-refractivity contribution is 5.81. The van der Waals surface area contributed by atoms with Crippen LogP contribution >= 0.6 is 0 Å². The van der Waals surface area contributed by atoms with Crippen molar-refractivity contribution in [3.05, 3.63) is 12.2 Å². The molecule has 5 nitrogen and oxygen atoms in total. The second-order valence-corrected chi connectivity index (χ2v) is 5.69. The summed E-state index contributed by atoms with van der Waals surface area (Å²) in [6.45, 7) is 0.657. The van der Waals surface area contributed by atoms with E-state index in [2.05, 4.69) is 5.32 Å². The Balaban J connectivity index is 1.68. The van der Waals surface area contributed by atoms with Gasteiger partial charge >= 0.3 is 5.97 Å². The zero-order valence-electron chi connectivity index (χ0n) is 11.0. The number of nitrogens with one attached hydrogen (secondary N) is 1. The van der Waals surface area contributed by atoms with Crippen LogP contribution in [0.2, 0.25) is 0 Å². The van der Waals surface area contributed by atoms with Crippen LogP contribution in [0.1, 0.15) is 32.1 Å². The average molecular weight is 266 g/mol. The van der Waals surface area contributed by atoms with Gasteiger partial charge < -0.3 is 16.2 Å². The Morgan fingerprint density at radius 2 is 1.89 bits per heavy atom. The lowest BCUT2D eigenvalue weighted by Gasteiger charge is -2.26. The fourth-order valence-corrected chi connectivity index (χ4v) is 2.91. The van der Waals surface area contributed by atoms with Crippen LogP contribution in [0.5, 0.6) is 0 Å². The van der Waals surface area contributed by atoms with E-state index in [9.17, 15) is 9.59 Å². The van der Waals surface area contributed by atoms with Crippen molar-refractivity contribution in [2.24, 2.45) is 23.5 Å². The number of hydrogen-bond acceptors (Lipinski definition) is 3. The van der Waals surface area contributed by atoms with Crippen LogP contribution in [-0.2, 0) is 9.59 Å². The van der Waals surface area contributed by atoms with Crippen LogP contribution in [0.25, 0.3) is 0 Å². The molecule has 0 aromatic rings. The van der Waals surface area contributed by atoms with Crippen molar-refractivity contribution in [3.63, 3.8) is 0 Å². The molecule has 2 unspecified atom stereocenters. The minimum atomic E-state index is -0.687. The first kappa shape index (κ1) is 14.1. The third-order valence-electron chi connectivity index (χ3n) is 4.21.